The quantitative estimate of drug-likeness (QED) is 0.918. The summed E-state index contributed by atoms with van der Waals surface area (Å²) in [5, 5.41) is 0. The molecule has 1 aromatic carbocycles. The molecule has 0 spiro atoms. The summed E-state index contributed by atoms with van der Waals surface area (Å²) in [7, 11) is 1.69. The first kappa shape index (κ1) is 15.5. The zero-order valence-electron chi connectivity index (χ0n) is 11.9. The standard InChI is InChI=1S/C15H21BrN2O2/c1-15(17,11-5-7-12(16)8-6-11)14(19)18-9-3-4-13(10-18)20-2/h5-8,13H,3-4,9-10,17H2,1-2H3. The average Bonchev–Trinajstić information content (AvgIpc) is 2.47. The second-order valence-electron chi connectivity index (χ2n) is 5.46. The van der Waals surface area contributed by atoms with Gasteiger partial charge in [-0.1, -0.05) is 28.1 Å². The van der Waals surface area contributed by atoms with Crippen molar-refractivity contribution in [2.75, 3.05) is 20.2 Å². The molecule has 5 heteroatoms. The Morgan fingerprint density at radius 2 is 2.10 bits per heavy atom. The number of nitrogens with two attached hydrogens (primary N) is 1. The van der Waals surface area contributed by atoms with E-state index in [1.807, 2.05) is 29.2 Å². The van der Waals surface area contributed by atoms with Crippen LogP contribution in [0.3, 0.4) is 0 Å². The van der Waals surface area contributed by atoms with Crippen LogP contribution in [0.4, 0.5) is 0 Å². The SMILES string of the molecule is COC1CCCN(C(=O)C(C)(N)c2ccc(Br)cc2)C1. The van der Waals surface area contributed by atoms with E-state index in [4.69, 9.17) is 10.5 Å². The minimum Gasteiger partial charge on any atom is -0.380 e. The zero-order chi connectivity index (χ0) is 14.8. The third-order valence-electron chi connectivity index (χ3n) is 3.89. The highest BCUT2D eigenvalue weighted by Crippen LogP contribution is 2.24. The molecule has 0 radical (unpaired) electrons. The topological polar surface area (TPSA) is 55.6 Å². The molecule has 2 rings (SSSR count). The summed E-state index contributed by atoms with van der Waals surface area (Å²) >= 11 is 3.39. The van der Waals surface area contributed by atoms with Gasteiger partial charge in [0.05, 0.1) is 6.10 Å². The lowest BCUT2D eigenvalue weighted by Crippen LogP contribution is -2.54. The van der Waals surface area contributed by atoms with Crippen LogP contribution >= 0.6 is 15.9 Å². The van der Waals surface area contributed by atoms with Gasteiger partial charge in [0.15, 0.2) is 0 Å². The molecule has 1 amide bonds. The van der Waals surface area contributed by atoms with E-state index in [1.165, 1.54) is 0 Å². The maximum Gasteiger partial charge on any atom is 0.247 e. The van der Waals surface area contributed by atoms with Crippen molar-refractivity contribution in [1.29, 1.82) is 0 Å². The lowest BCUT2D eigenvalue weighted by Gasteiger charge is -2.37. The molecule has 0 saturated carbocycles. The average molecular weight is 341 g/mol. The number of ether oxygens (including phenoxy) is 1. The Kier molecular flexibility index (Phi) is 4.83. The summed E-state index contributed by atoms with van der Waals surface area (Å²) in [4.78, 5) is 14.5. The van der Waals surface area contributed by atoms with E-state index >= 15 is 0 Å². The van der Waals surface area contributed by atoms with Crippen molar-refractivity contribution in [2.45, 2.75) is 31.4 Å². The van der Waals surface area contributed by atoms with Crippen LogP contribution in [-0.4, -0.2) is 37.1 Å². The molecule has 2 N–H and O–H groups in total. The van der Waals surface area contributed by atoms with Gasteiger partial charge in [-0.3, -0.25) is 4.79 Å². The number of benzene rings is 1. The summed E-state index contributed by atoms with van der Waals surface area (Å²) in [6.07, 6.45) is 2.08. The molecule has 2 unspecified atom stereocenters. The van der Waals surface area contributed by atoms with Gasteiger partial charge < -0.3 is 15.4 Å². The van der Waals surface area contributed by atoms with E-state index in [1.54, 1.807) is 14.0 Å². The first-order chi connectivity index (χ1) is 9.45. The number of halogens is 1. The molecule has 1 aromatic rings. The van der Waals surface area contributed by atoms with Crippen LogP contribution in [0.1, 0.15) is 25.3 Å². The van der Waals surface area contributed by atoms with Gasteiger partial charge in [-0.25, -0.2) is 0 Å². The summed E-state index contributed by atoms with van der Waals surface area (Å²) in [5.74, 6) is -0.0402. The zero-order valence-corrected chi connectivity index (χ0v) is 13.5. The maximum absolute atomic E-state index is 12.7. The molecular formula is C15H21BrN2O2. The minimum absolute atomic E-state index is 0.0402. The molecular weight excluding hydrogens is 320 g/mol. The predicted molar refractivity (Wildman–Crippen MR) is 82.3 cm³/mol. The molecule has 1 aliphatic heterocycles. The lowest BCUT2D eigenvalue weighted by atomic mass is 9.90. The van der Waals surface area contributed by atoms with Gasteiger partial charge in [-0.05, 0) is 37.5 Å². The summed E-state index contributed by atoms with van der Waals surface area (Å²) in [6.45, 7) is 3.15. The van der Waals surface area contributed by atoms with Crippen molar-refractivity contribution in [3.63, 3.8) is 0 Å². The molecule has 110 valence electrons. The fraction of sp³-hybridized carbons (Fsp3) is 0.533. The number of nitrogens with zero attached hydrogens (tertiary/aromatic N) is 1. The van der Waals surface area contributed by atoms with Crippen molar-refractivity contribution >= 4 is 21.8 Å². The van der Waals surface area contributed by atoms with Crippen LogP contribution in [-0.2, 0) is 15.1 Å². The van der Waals surface area contributed by atoms with Gasteiger partial charge in [-0.15, -0.1) is 0 Å². The maximum atomic E-state index is 12.7. The highest BCUT2D eigenvalue weighted by atomic mass is 79.9. The van der Waals surface area contributed by atoms with Crippen molar-refractivity contribution in [2.24, 2.45) is 5.73 Å². The molecule has 1 heterocycles. The second kappa shape index (κ2) is 6.24. The predicted octanol–water partition coefficient (Wildman–Crippen LogP) is 2.26. The Bertz CT molecular complexity index is 473. The highest BCUT2D eigenvalue weighted by molar-refractivity contribution is 9.10. The number of carbonyl (C=O) groups excluding carboxylic acids is 1. The number of hydrogen-bond acceptors (Lipinski definition) is 3. The lowest BCUT2D eigenvalue weighted by molar-refractivity contribution is -0.140. The molecule has 4 nitrogen and oxygen atoms in total. The number of methoxy groups -OCH3 is 1. The minimum atomic E-state index is -1.00. The molecule has 1 aliphatic rings. The summed E-state index contributed by atoms with van der Waals surface area (Å²) < 4.78 is 6.34. The highest BCUT2D eigenvalue weighted by Gasteiger charge is 2.36. The largest absolute Gasteiger partial charge is 0.380 e. The monoisotopic (exact) mass is 340 g/mol. The number of hydrogen-bond donors (Lipinski definition) is 1. The Morgan fingerprint density at radius 1 is 1.45 bits per heavy atom. The van der Waals surface area contributed by atoms with E-state index in [0.29, 0.717) is 6.54 Å². The van der Waals surface area contributed by atoms with Crippen LogP contribution in [0.5, 0.6) is 0 Å². The fourth-order valence-electron chi connectivity index (χ4n) is 2.56. The van der Waals surface area contributed by atoms with Crippen molar-refractivity contribution in [3.05, 3.63) is 34.3 Å². The van der Waals surface area contributed by atoms with Gasteiger partial charge in [0.1, 0.15) is 5.54 Å². The van der Waals surface area contributed by atoms with E-state index < -0.39 is 5.54 Å². The number of amides is 1. The van der Waals surface area contributed by atoms with Gasteiger partial charge in [0.25, 0.3) is 0 Å². The molecule has 1 saturated heterocycles. The normalized spacial score (nSPS) is 22.4. The summed E-state index contributed by atoms with van der Waals surface area (Å²) in [6, 6.07) is 7.59. The fourth-order valence-corrected chi connectivity index (χ4v) is 2.83. The first-order valence-corrected chi connectivity index (χ1v) is 7.61. The van der Waals surface area contributed by atoms with Crippen molar-refractivity contribution in [1.82, 2.24) is 4.90 Å². The van der Waals surface area contributed by atoms with Crippen molar-refractivity contribution in [3.8, 4) is 0 Å². The number of likely N-dealkylation sites (tertiary alicyclic amines) is 1. The van der Waals surface area contributed by atoms with E-state index in [9.17, 15) is 4.79 Å². The van der Waals surface area contributed by atoms with Crippen LogP contribution in [0.15, 0.2) is 28.7 Å². The molecule has 2 atom stereocenters. The van der Waals surface area contributed by atoms with Gasteiger partial charge >= 0.3 is 0 Å². The molecule has 0 aromatic heterocycles. The van der Waals surface area contributed by atoms with E-state index in [-0.39, 0.29) is 12.0 Å². The van der Waals surface area contributed by atoms with Crippen LogP contribution < -0.4 is 5.73 Å². The second-order valence-corrected chi connectivity index (χ2v) is 6.38. The number of piperidine rings is 1. The van der Waals surface area contributed by atoms with Crippen LogP contribution in [0, 0.1) is 0 Å². The molecule has 0 aliphatic carbocycles. The molecule has 20 heavy (non-hydrogen) atoms. The Balaban J connectivity index is 2.16. The Labute approximate surface area is 128 Å². The first-order valence-electron chi connectivity index (χ1n) is 6.82. The van der Waals surface area contributed by atoms with Crippen LogP contribution in [0.2, 0.25) is 0 Å². The molecule has 1 fully saturated rings. The van der Waals surface area contributed by atoms with Crippen LogP contribution in [0.25, 0.3) is 0 Å². The third-order valence-corrected chi connectivity index (χ3v) is 4.42. The van der Waals surface area contributed by atoms with Gasteiger partial charge in [-0.2, -0.15) is 0 Å². The molecule has 0 bridgehead atoms. The Hall–Kier alpha value is -0.910. The Morgan fingerprint density at radius 3 is 2.70 bits per heavy atom. The number of rotatable bonds is 3. The van der Waals surface area contributed by atoms with E-state index in [2.05, 4.69) is 15.9 Å². The van der Waals surface area contributed by atoms with Gasteiger partial charge in [0.2, 0.25) is 5.91 Å². The third kappa shape index (κ3) is 3.22. The number of carbonyl (C=O) groups is 1. The van der Waals surface area contributed by atoms with Crippen molar-refractivity contribution < 1.29 is 9.53 Å². The summed E-state index contributed by atoms with van der Waals surface area (Å²) in [5.41, 5.74) is 6.12. The van der Waals surface area contributed by atoms with Gasteiger partial charge in [0, 0.05) is 24.7 Å². The smallest absolute Gasteiger partial charge is 0.247 e. The van der Waals surface area contributed by atoms with E-state index in [0.717, 1.165) is 29.4 Å².